The summed E-state index contributed by atoms with van der Waals surface area (Å²) < 4.78 is 4.68. The van der Waals surface area contributed by atoms with Gasteiger partial charge in [-0.1, -0.05) is 18.2 Å². The van der Waals surface area contributed by atoms with Gasteiger partial charge in [0.15, 0.2) is 0 Å². The first-order valence-corrected chi connectivity index (χ1v) is 5.93. The van der Waals surface area contributed by atoms with Crippen molar-refractivity contribution in [2.75, 3.05) is 6.61 Å². The predicted octanol–water partition coefficient (Wildman–Crippen LogP) is 3.02. The van der Waals surface area contributed by atoms with Gasteiger partial charge in [-0.05, 0) is 44.6 Å². The maximum atomic E-state index is 10.9. The topological polar surface area (TPSA) is 50.7 Å². The molecule has 0 aliphatic heterocycles. The Labute approximate surface area is 102 Å². The van der Waals surface area contributed by atoms with Crippen LogP contribution in [-0.2, 0) is 4.74 Å². The highest BCUT2D eigenvalue weighted by molar-refractivity contribution is 5.80. The normalized spacial score (nSPS) is 19.9. The molecule has 0 saturated carbocycles. The monoisotopic (exact) mass is 236 g/mol. The van der Waals surface area contributed by atoms with Gasteiger partial charge in [-0.25, -0.2) is 10.2 Å². The Morgan fingerprint density at radius 3 is 3.06 bits per heavy atom. The van der Waals surface area contributed by atoms with E-state index < -0.39 is 6.09 Å². The summed E-state index contributed by atoms with van der Waals surface area (Å²) in [5.41, 5.74) is 4.70. The number of nitrogens with zero attached hydrogens (tertiary/aromatic N) is 1. The van der Waals surface area contributed by atoms with E-state index in [1.165, 1.54) is 5.57 Å². The summed E-state index contributed by atoms with van der Waals surface area (Å²) in [6, 6.07) is 0. The Kier molecular flexibility index (Phi) is 5.46. The standard InChI is InChI=1S/C13H20N2O2/c1-4-17-13(16)15-14-9-11-5-7-12(8-6-11)10(2)3/h5,9,12H,2,4,6-8H2,1,3H3,(H,15,16)/b14-9+. The van der Waals surface area contributed by atoms with Crippen LogP contribution in [0.5, 0.6) is 0 Å². The Morgan fingerprint density at radius 2 is 2.53 bits per heavy atom. The minimum atomic E-state index is -0.514. The van der Waals surface area contributed by atoms with Gasteiger partial charge in [0.05, 0.1) is 12.8 Å². The van der Waals surface area contributed by atoms with Crippen molar-refractivity contribution >= 4 is 12.3 Å². The Hall–Kier alpha value is -1.58. The van der Waals surface area contributed by atoms with Crippen LogP contribution < -0.4 is 5.43 Å². The second kappa shape index (κ2) is 6.89. The van der Waals surface area contributed by atoms with Crippen molar-refractivity contribution in [1.29, 1.82) is 0 Å². The van der Waals surface area contributed by atoms with E-state index in [1.807, 2.05) is 0 Å². The van der Waals surface area contributed by atoms with E-state index in [2.05, 4.69) is 34.8 Å². The molecule has 1 unspecified atom stereocenters. The first-order valence-electron chi connectivity index (χ1n) is 5.93. The minimum Gasteiger partial charge on any atom is -0.449 e. The molecule has 0 bridgehead atoms. The number of nitrogens with one attached hydrogen (secondary N) is 1. The molecule has 1 aliphatic carbocycles. The zero-order chi connectivity index (χ0) is 12.7. The molecule has 0 saturated heterocycles. The smallest absolute Gasteiger partial charge is 0.427 e. The molecule has 1 aliphatic rings. The second-order valence-electron chi connectivity index (χ2n) is 4.19. The third-order valence-electron chi connectivity index (χ3n) is 2.80. The van der Waals surface area contributed by atoms with Crippen LogP contribution in [0.4, 0.5) is 4.79 Å². The van der Waals surface area contributed by atoms with Gasteiger partial charge in [0.2, 0.25) is 0 Å². The van der Waals surface area contributed by atoms with Crippen molar-refractivity contribution in [3.63, 3.8) is 0 Å². The van der Waals surface area contributed by atoms with Crippen molar-refractivity contribution in [1.82, 2.24) is 5.43 Å². The molecular formula is C13H20N2O2. The lowest BCUT2D eigenvalue weighted by Crippen LogP contribution is -2.19. The number of allylic oxidation sites excluding steroid dienone is 3. The van der Waals surface area contributed by atoms with Gasteiger partial charge in [0.1, 0.15) is 0 Å². The lowest BCUT2D eigenvalue weighted by Gasteiger charge is -2.20. The molecule has 4 heteroatoms. The number of ether oxygens (including phenoxy) is 1. The van der Waals surface area contributed by atoms with E-state index in [4.69, 9.17) is 0 Å². The summed E-state index contributed by atoms with van der Waals surface area (Å²) in [5.74, 6) is 0.588. The molecule has 0 heterocycles. The van der Waals surface area contributed by atoms with Gasteiger partial charge < -0.3 is 4.74 Å². The van der Waals surface area contributed by atoms with Gasteiger partial charge in [0, 0.05) is 0 Å². The summed E-state index contributed by atoms with van der Waals surface area (Å²) in [7, 11) is 0. The molecule has 0 fully saturated rings. The zero-order valence-electron chi connectivity index (χ0n) is 10.5. The number of carbonyl (C=O) groups excluding carboxylic acids is 1. The van der Waals surface area contributed by atoms with E-state index in [0.29, 0.717) is 12.5 Å². The number of rotatable bonds is 4. The molecule has 0 spiro atoms. The average molecular weight is 236 g/mol. The van der Waals surface area contributed by atoms with Crippen LogP contribution in [0.25, 0.3) is 0 Å². The summed E-state index contributed by atoms with van der Waals surface area (Å²) in [5, 5.41) is 3.84. The van der Waals surface area contributed by atoms with Gasteiger partial charge in [-0.3, -0.25) is 0 Å². The molecule has 1 amide bonds. The third kappa shape index (κ3) is 4.85. The summed E-state index contributed by atoms with van der Waals surface area (Å²) >= 11 is 0. The predicted molar refractivity (Wildman–Crippen MR) is 68.9 cm³/mol. The molecule has 17 heavy (non-hydrogen) atoms. The molecule has 1 N–H and O–H groups in total. The van der Waals surface area contributed by atoms with Crippen molar-refractivity contribution < 1.29 is 9.53 Å². The third-order valence-corrected chi connectivity index (χ3v) is 2.80. The van der Waals surface area contributed by atoms with Crippen molar-refractivity contribution in [2.24, 2.45) is 11.0 Å². The van der Waals surface area contributed by atoms with Gasteiger partial charge in [-0.2, -0.15) is 5.10 Å². The SMILES string of the molecule is C=C(C)C1CC=C(/C=N/NC(=O)OCC)CC1. The first kappa shape index (κ1) is 13.5. The maximum Gasteiger partial charge on any atom is 0.427 e. The number of carbonyl (C=O) groups is 1. The van der Waals surface area contributed by atoms with Crippen LogP contribution in [0.3, 0.4) is 0 Å². The minimum absolute atomic E-state index is 0.352. The fourth-order valence-electron chi connectivity index (χ4n) is 1.75. The van der Waals surface area contributed by atoms with Gasteiger partial charge in [0.25, 0.3) is 0 Å². The maximum absolute atomic E-state index is 10.9. The molecule has 0 aromatic rings. The van der Waals surface area contributed by atoms with E-state index in [1.54, 1.807) is 13.1 Å². The molecule has 0 radical (unpaired) electrons. The molecule has 0 aromatic heterocycles. The zero-order valence-corrected chi connectivity index (χ0v) is 10.5. The van der Waals surface area contributed by atoms with E-state index >= 15 is 0 Å². The van der Waals surface area contributed by atoms with Crippen LogP contribution in [0, 0.1) is 5.92 Å². The highest BCUT2D eigenvalue weighted by Crippen LogP contribution is 2.27. The average Bonchev–Trinajstić information content (AvgIpc) is 2.30. The van der Waals surface area contributed by atoms with Crippen LogP contribution >= 0.6 is 0 Å². The summed E-state index contributed by atoms with van der Waals surface area (Å²) in [6.45, 7) is 8.15. The second-order valence-corrected chi connectivity index (χ2v) is 4.19. The quantitative estimate of drug-likeness (QED) is 0.463. The molecule has 1 rings (SSSR count). The highest BCUT2D eigenvalue weighted by atomic mass is 16.5. The lowest BCUT2D eigenvalue weighted by molar-refractivity contribution is 0.152. The molecule has 4 nitrogen and oxygen atoms in total. The molecule has 94 valence electrons. The fraction of sp³-hybridized carbons (Fsp3) is 0.538. The first-order chi connectivity index (χ1) is 8.13. The fourth-order valence-corrected chi connectivity index (χ4v) is 1.75. The van der Waals surface area contributed by atoms with Gasteiger partial charge in [-0.15, -0.1) is 0 Å². The molecule has 0 aromatic carbocycles. The van der Waals surface area contributed by atoms with Crippen molar-refractivity contribution in [2.45, 2.75) is 33.1 Å². The molecule has 1 atom stereocenters. The lowest BCUT2D eigenvalue weighted by atomic mass is 9.86. The Morgan fingerprint density at radius 1 is 1.76 bits per heavy atom. The van der Waals surface area contributed by atoms with Crippen LogP contribution in [0.15, 0.2) is 28.9 Å². The Balaban J connectivity index is 2.36. The van der Waals surface area contributed by atoms with Gasteiger partial charge >= 0.3 is 6.09 Å². The van der Waals surface area contributed by atoms with E-state index in [0.717, 1.165) is 24.8 Å². The van der Waals surface area contributed by atoms with E-state index in [9.17, 15) is 4.79 Å². The largest absolute Gasteiger partial charge is 0.449 e. The molecular weight excluding hydrogens is 216 g/mol. The van der Waals surface area contributed by atoms with Crippen LogP contribution in [0.2, 0.25) is 0 Å². The number of hydrogen-bond donors (Lipinski definition) is 1. The van der Waals surface area contributed by atoms with E-state index in [-0.39, 0.29) is 0 Å². The number of hydrogen-bond acceptors (Lipinski definition) is 3. The summed E-state index contributed by atoms with van der Waals surface area (Å²) in [6.07, 6.45) is 6.42. The van der Waals surface area contributed by atoms with Crippen LogP contribution in [0.1, 0.15) is 33.1 Å². The number of amides is 1. The van der Waals surface area contributed by atoms with Crippen molar-refractivity contribution in [3.8, 4) is 0 Å². The number of hydrazone groups is 1. The van der Waals surface area contributed by atoms with Crippen LogP contribution in [-0.4, -0.2) is 18.9 Å². The highest BCUT2D eigenvalue weighted by Gasteiger charge is 2.13. The van der Waals surface area contributed by atoms with Crippen molar-refractivity contribution in [3.05, 3.63) is 23.8 Å². The summed E-state index contributed by atoms with van der Waals surface area (Å²) in [4.78, 5) is 10.9. The Bertz CT molecular complexity index is 345.